The Kier molecular flexibility index (Phi) is 3.46. The Hall–Kier alpha value is -3.34. The maximum absolute atomic E-state index is 9.11. The molecule has 1 aromatic carbocycles. The first kappa shape index (κ1) is 14.6. The van der Waals surface area contributed by atoms with Gasteiger partial charge in [0.2, 0.25) is 5.75 Å². The molecule has 118 valence electrons. The number of aromatic amines is 1. The number of nitrogens with one attached hydrogen (secondary N) is 1. The van der Waals surface area contributed by atoms with Gasteiger partial charge >= 0.3 is 0 Å². The normalized spacial score (nSPS) is 10.5. The van der Waals surface area contributed by atoms with Crippen molar-refractivity contribution in [1.29, 1.82) is 5.26 Å². The van der Waals surface area contributed by atoms with Crippen molar-refractivity contribution in [3.63, 3.8) is 0 Å². The second-order valence-electron chi connectivity index (χ2n) is 4.73. The van der Waals surface area contributed by atoms with E-state index in [-0.39, 0.29) is 0 Å². The monoisotopic (exact) mass is 313 g/mol. The van der Waals surface area contributed by atoms with Crippen LogP contribution >= 0.6 is 0 Å². The summed E-state index contributed by atoms with van der Waals surface area (Å²) >= 11 is 0. The molecule has 0 aliphatic heterocycles. The molecule has 8 nitrogen and oxygen atoms in total. The molecule has 0 aliphatic rings. The summed E-state index contributed by atoms with van der Waals surface area (Å²) in [5.74, 6) is 1.89. The van der Waals surface area contributed by atoms with Crippen molar-refractivity contribution in [2.45, 2.75) is 0 Å². The zero-order chi connectivity index (χ0) is 16.6. The van der Waals surface area contributed by atoms with Crippen molar-refractivity contribution in [3.8, 4) is 34.6 Å². The van der Waals surface area contributed by atoms with Crippen molar-refractivity contribution in [2.75, 3.05) is 27.1 Å². The Morgan fingerprint density at radius 1 is 1.17 bits per heavy atom. The van der Waals surface area contributed by atoms with Gasteiger partial charge in [0, 0.05) is 5.56 Å². The number of nitrogens with two attached hydrogens (primary N) is 1. The Morgan fingerprint density at radius 2 is 1.83 bits per heavy atom. The zero-order valence-electron chi connectivity index (χ0n) is 12.9. The Morgan fingerprint density at radius 3 is 2.35 bits per heavy atom. The van der Waals surface area contributed by atoms with Crippen molar-refractivity contribution in [1.82, 2.24) is 14.6 Å². The number of rotatable bonds is 4. The Bertz CT molecular complexity index is 894. The lowest BCUT2D eigenvalue weighted by Gasteiger charge is -2.13. The Balaban J connectivity index is 2.24. The van der Waals surface area contributed by atoms with Crippen molar-refractivity contribution in [2.24, 2.45) is 0 Å². The van der Waals surface area contributed by atoms with Crippen LogP contribution in [0.2, 0.25) is 0 Å². The summed E-state index contributed by atoms with van der Waals surface area (Å²) in [5, 5.41) is 13.2. The number of fused-ring (bicyclic) bond motifs is 1. The predicted octanol–water partition coefficient (Wildman–Crippen LogP) is 1.81. The number of hydrogen-bond acceptors (Lipinski definition) is 6. The van der Waals surface area contributed by atoms with Crippen LogP contribution in [0.3, 0.4) is 0 Å². The fraction of sp³-hybridized carbons (Fsp3) is 0.200. The standard InChI is InChI=1S/C15H15N5O3/c1-21-10-4-8(5-11(22-2)13(10)23-3)12-14(17)20-15(19-12)9(6-16)7-18-20/h4-5,7,19H,17H2,1-3H3. The van der Waals surface area contributed by atoms with Gasteiger partial charge in [0.25, 0.3) is 0 Å². The van der Waals surface area contributed by atoms with Crippen LogP contribution in [-0.4, -0.2) is 35.9 Å². The quantitative estimate of drug-likeness (QED) is 0.760. The van der Waals surface area contributed by atoms with Gasteiger partial charge in [0.05, 0.1) is 33.2 Å². The van der Waals surface area contributed by atoms with Crippen LogP contribution in [0.4, 0.5) is 5.82 Å². The van der Waals surface area contributed by atoms with Gasteiger partial charge in [0.15, 0.2) is 23.0 Å². The number of benzene rings is 1. The maximum atomic E-state index is 9.11. The number of imidazole rings is 1. The Labute approximate surface area is 132 Å². The minimum Gasteiger partial charge on any atom is -0.493 e. The molecule has 3 rings (SSSR count). The number of aromatic nitrogens is 3. The average Bonchev–Trinajstić information content (AvgIpc) is 3.13. The highest BCUT2D eigenvalue weighted by atomic mass is 16.5. The van der Waals surface area contributed by atoms with Gasteiger partial charge in [-0.1, -0.05) is 0 Å². The van der Waals surface area contributed by atoms with E-state index in [0.717, 1.165) is 5.56 Å². The van der Waals surface area contributed by atoms with E-state index in [9.17, 15) is 0 Å². The van der Waals surface area contributed by atoms with Crippen molar-refractivity contribution in [3.05, 3.63) is 23.9 Å². The molecule has 0 unspecified atom stereocenters. The molecule has 3 N–H and O–H groups in total. The van der Waals surface area contributed by atoms with E-state index in [1.165, 1.54) is 17.8 Å². The maximum Gasteiger partial charge on any atom is 0.203 e. The number of H-pyrrole nitrogens is 1. The van der Waals surface area contributed by atoms with Gasteiger partial charge in [-0.05, 0) is 12.1 Å². The summed E-state index contributed by atoms with van der Waals surface area (Å²) < 4.78 is 17.5. The second-order valence-corrected chi connectivity index (χ2v) is 4.73. The molecule has 0 atom stereocenters. The minimum absolute atomic E-state index is 0.385. The lowest BCUT2D eigenvalue weighted by Crippen LogP contribution is -1.98. The van der Waals surface area contributed by atoms with Crippen LogP contribution in [0.15, 0.2) is 18.3 Å². The molecule has 0 radical (unpaired) electrons. The van der Waals surface area contributed by atoms with Gasteiger partial charge in [-0.3, -0.25) is 0 Å². The summed E-state index contributed by atoms with van der Waals surface area (Å²) in [4.78, 5) is 3.12. The highest BCUT2D eigenvalue weighted by Gasteiger charge is 2.19. The second kappa shape index (κ2) is 5.46. The number of nitrogen functional groups attached to an aromatic ring is 1. The lowest BCUT2D eigenvalue weighted by atomic mass is 10.1. The zero-order valence-corrected chi connectivity index (χ0v) is 12.9. The lowest BCUT2D eigenvalue weighted by molar-refractivity contribution is 0.324. The third kappa shape index (κ3) is 2.10. The molecule has 0 spiro atoms. The first-order valence-electron chi connectivity index (χ1n) is 6.70. The molecule has 0 amide bonds. The molecule has 0 saturated carbocycles. The smallest absolute Gasteiger partial charge is 0.203 e. The number of nitrogens with zero attached hydrogens (tertiary/aromatic N) is 3. The first-order chi connectivity index (χ1) is 11.1. The van der Waals surface area contributed by atoms with E-state index in [1.54, 1.807) is 26.4 Å². The van der Waals surface area contributed by atoms with E-state index >= 15 is 0 Å². The first-order valence-corrected chi connectivity index (χ1v) is 6.70. The molecule has 0 aliphatic carbocycles. The number of hydrogen-bond donors (Lipinski definition) is 2. The van der Waals surface area contributed by atoms with E-state index in [4.69, 9.17) is 25.2 Å². The molecule has 0 bridgehead atoms. The molecule has 2 aromatic heterocycles. The molecule has 3 aromatic rings. The molecule has 0 fully saturated rings. The summed E-state index contributed by atoms with van der Waals surface area (Å²) in [6, 6.07) is 5.61. The van der Waals surface area contributed by atoms with Gasteiger partial charge in [0.1, 0.15) is 11.6 Å². The van der Waals surface area contributed by atoms with E-state index < -0.39 is 0 Å². The molecule has 0 saturated heterocycles. The summed E-state index contributed by atoms with van der Waals surface area (Å²) in [6.07, 6.45) is 1.46. The van der Waals surface area contributed by atoms with Gasteiger partial charge in [-0.2, -0.15) is 14.9 Å². The average molecular weight is 313 g/mol. The minimum atomic E-state index is 0.385. The highest BCUT2D eigenvalue weighted by molar-refractivity contribution is 5.79. The molecular formula is C15H15N5O3. The predicted molar refractivity (Wildman–Crippen MR) is 83.8 cm³/mol. The van der Waals surface area contributed by atoms with Gasteiger partial charge in [-0.25, -0.2) is 0 Å². The van der Waals surface area contributed by atoms with E-state index in [2.05, 4.69) is 16.2 Å². The van der Waals surface area contributed by atoms with Crippen LogP contribution < -0.4 is 19.9 Å². The van der Waals surface area contributed by atoms with Crippen molar-refractivity contribution < 1.29 is 14.2 Å². The topological polar surface area (TPSA) is 111 Å². The van der Waals surface area contributed by atoms with Crippen LogP contribution in [0, 0.1) is 11.3 Å². The fourth-order valence-corrected chi connectivity index (χ4v) is 2.47. The number of ether oxygens (including phenoxy) is 3. The SMILES string of the molecule is COc1cc(-c2[nH]c3c(C#N)cnn3c2N)cc(OC)c1OC. The molecule has 23 heavy (non-hydrogen) atoms. The third-order valence-corrected chi connectivity index (χ3v) is 3.57. The summed E-state index contributed by atoms with van der Waals surface area (Å²) in [7, 11) is 4.62. The van der Waals surface area contributed by atoms with E-state index in [0.29, 0.717) is 40.0 Å². The molecular weight excluding hydrogens is 298 g/mol. The number of nitriles is 1. The summed E-state index contributed by atoms with van der Waals surface area (Å²) in [5.41, 5.74) is 8.43. The van der Waals surface area contributed by atoms with Gasteiger partial charge in [-0.15, -0.1) is 0 Å². The fourth-order valence-electron chi connectivity index (χ4n) is 2.47. The molecule has 8 heteroatoms. The van der Waals surface area contributed by atoms with Crippen LogP contribution in [-0.2, 0) is 0 Å². The van der Waals surface area contributed by atoms with Gasteiger partial charge < -0.3 is 24.9 Å². The third-order valence-electron chi connectivity index (χ3n) is 3.57. The van der Waals surface area contributed by atoms with Crippen LogP contribution in [0.25, 0.3) is 16.9 Å². The van der Waals surface area contributed by atoms with Crippen LogP contribution in [0.5, 0.6) is 17.2 Å². The number of anilines is 1. The van der Waals surface area contributed by atoms with E-state index in [1.807, 2.05) is 0 Å². The molecule has 2 heterocycles. The summed E-state index contributed by atoms with van der Waals surface area (Å²) in [6.45, 7) is 0. The van der Waals surface area contributed by atoms with Crippen molar-refractivity contribution >= 4 is 11.5 Å². The van der Waals surface area contributed by atoms with Crippen LogP contribution in [0.1, 0.15) is 5.56 Å². The number of methoxy groups -OCH3 is 3. The largest absolute Gasteiger partial charge is 0.493 e. The highest BCUT2D eigenvalue weighted by Crippen LogP contribution is 2.42.